The SMILES string of the molecule is CN1Cc2ccc(Cl)cc2Nc2ncnc3cc(O)c(cc23)CCCCNC(=O)C1S. The molecule has 31 heavy (non-hydrogen) atoms. The Morgan fingerprint density at radius 2 is 2.03 bits per heavy atom. The van der Waals surface area contributed by atoms with Gasteiger partial charge in [0.25, 0.3) is 0 Å². The van der Waals surface area contributed by atoms with Crippen molar-refractivity contribution in [1.82, 2.24) is 20.2 Å². The van der Waals surface area contributed by atoms with E-state index in [1.54, 1.807) is 6.07 Å². The van der Waals surface area contributed by atoms with Crippen LogP contribution in [0.15, 0.2) is 36.7 Å². The van der Waals surface area contributed by atoms with Crippen LogP contribution >= 0.6 is 24.2 Å². The van der Waals surface area contributed by atoms with E-state index in [-0.39, 0.29) is 11.7 Å². The fraction of sp³-hybridized carbons (Fsp3) is 0.318. The van der Waals surface area contributed by atoms with Crippen LogP contribution in [0.4, 0.5) is 11.5 Å². The second-order valence-corrected chi connectivity index (χ2v) is 8.61. The third kappa shape index (κ3) is 4.87. The number of nitrogens with one attached hydrogen (secondary N) is 2. The molecule has 3 N–H and O–H groups in total. The quantitative estimate of drug-likeness (QED) is 0.383. The first-order chi connectivity index (χ1) is 14.9. The summed E-state index contributed by atoms with van der Waals surface area (Å²) in [7, 11) is 1.86. The van der Waals surface area contributed by atoms with Crippen LogP contribution in [-0.4, -0.2) is 44.8 Å². The summed E-state index contributed by atoms with van der Waals surface area (Å²) in [6, 6.07) is 9.16. The number of phenols is 1. The first-order valence-electron chi connectivity index (χ1n) is 10.1. The van der Waals surface area contributed by atoms with Crippen LogP contribution in [0.3, 0.4) is 0 Å². The van der Waals surface area contributed by atoms with Gasteiger partial charge in [0.1, 0.15) is 23.3 Å². The molecule has 1 unspecified atom stereocenters. The molecule has 7 nitrogen and oxygen atoms in total. The molecule has 0 saturated carbocycles. The normalized spacial score (nSPS) is 18.4. The molecule has 0 fully saturated rings. The van der Waals surface area contributed by atoms with Gasteiger partial charge >= 0.3 is 0 Å². The number of hydrogen-bond acceptors (Lipinski definition) is 7. The van der Waals surface area contributed by atoms with E-state index in [9.17, 15) is 9.90 Å². The largest absolute Gasteiger partial charge is 0.508 e. The number of likely N-dealkylation sites (N-methyl/N-ethyl adjacent to an activating group) is 1. The molecule has 0 radical (unpaired) electrons. The highest BCUT2D eigenvalue weighted by atomic mass is 35.5. The fourth-order valence-corrected chi connectivity index (χ4v) is 4.01. The summed E-state index contributed by atoms with van der Waals surface area (Å²) < 4.78 is 0. The fourth-order valence-electron chi connectivity index (χ4n) is 3.67. The zero-order valence-electron chi connectivity index (χ0n) is 17.1. The Bertz CT molecular complexity index is 1130. The van der Waals surface area contributed by atoms with Crippen LogP contribution in [0.1, 0.15) is 24.0 Å². The maximum absolute atomic E-state index is 12.5. The Labute approximate surface area is 191 Å². The lowest BCUT2D eigenvalue weighted by atomic mass is 10.0. The summed E-state index contributed by atoms with van der Waals surface area (Å²) in [5.74, 6) is 0.705. The molecule has 1 amide bonds. The monoisotopic (exact) mass is 457 g/mol. The number of phenolic OH excluding ortho intramolecular Hbond substituents is 1. The predicted molar refractivity (Wildman–Crippen MR) is 126 cm³/mol. The van der Waals surface area contributed by atoms with E-state index in [2.05, 4.69) is 33.2 Å². The molecule has 0 spiro atoms. The number of aromatic hydroxyl groups is 1. The van der Waals surface area contributed by atoms with E-state index in [1.165, 1.54) is 6.33 Å². The number of aryl methyl sites for hydroxylation is 1. The highest BCUT2D eigenvalue weighted by Gasteiger charge is 2.20. The van der Waals surface area contributed by atoms with E-state index >= 15 is 0 Å². The van der Waals surface area contributed by atoms with Gasteiger partial charge in [-0.05, 0) is 55.6 Å². The molecule has 1 atom stereocenters. The van der Waals surface area contributed by atoms with Gasteiger partial charge in [0.05, 0.1) is 5.52 Å². The number of carbonyl (C=O) groups excluding carboxylic acids is 1. The van der Waals surface area contributed by atoms with Crippen molar-refractivity contribution in [2.24, 2.45) is 0 Å². The van der Waals surface area contributed by atoms with Crippen molar-refractivity contribution < 1.29 is 9.90 Å². The van der Waals surface area contributed by atoms with E-state index in [0.717, 1.165) is 35.0 Å². The molecule has 4 rings (SSSR count). The number of carbonyl (C=O) groups is 1. The molecular weight excluding hydrogens is 434 g/mol. The summed E-state index contributed by atoms with van der Waals surface area (Å²) in [5.41, 5.74) is 3.20. The molecular formula is C22H24ClN5O2S. The molecule has 9 heteroatoms. The average Bonchev–Trinajstić information content (AvgIpc) is 2.74. The van der Waals surface area contributed by atoms with Crippen molar-refractivity contribution >= 4 is 52.5 Å². The second-order valence-electron chi connectivity index (χ2n) is 7.68. The average molecular weight is 458 g/mol. The van der Waals surface area contributed by atoms with Crippen LogP contribution < -0.4 is 10.6 Å². The van der Waals surface area contributed by atoms with Crippen molar-refractivity contribution in [3.05, 3.63) is 52.8 Å². The van der Waals surface area contributed by atoms with Gasteiger partial charge in [-0.2, -0.15) is 12.6 Å². The van der Waals surface area contributed by atoms with Gasteiger partial charge in [-0.15, -0.1) is 0 Å². The Balaban J connectivity index is 1.80. The van der Waals surface area contributed by atoms with Gasteiger partial charge in [-0.25, -0.2) is 9.97 Å². The topological polar surface area (TPSA) is 90.4 Å². The molecule has 1 aliphatic heterocycles. The first-order valence-corrected chi connectivity index (χ1v) is 11.0. The Morgan fingerprint density at radius 1 is 1.19 bits per heavy atom. The van der Waals surface area contributed by atoms with Crippen molar-refractivity contribution in [1.29, 1.82) is 0 Å². The number of halogens is 1. The minimum absolute atomic E-state index is 0.135. The van der Waals surface area contributed by atoms with Gasteiger partial charge in [-0.1, -0.05) is 17.7 Å². The van der Waals surface area contributed by atoms with Gasteiger partial charge in [0, 0.05) is 35.3 Å². The highest BCUT2D eigenvalue weighted by Crippen LogP contribution is 2.32. The zero-order valence-corrected chi connectivity index (χ0v) is 18.7. The van der Waals surface area contributed by atoms with Crippen LogP contribution in [0.2, 0.25) is 5.02 Å². The van der Waals surface area contributed by atoms with Crippen molar-refractivity contribution in [3.8, 4) is 5.75 Å². The number of hydrogen-bond donors (Lipinski definition) is 4. The van der Waals surface area contributed by atoms with Crippen molar-refractivity contribution in [3.63, 3.8) is 0 Å². The Morgan fingerprint density at radius 3 is 2.87 bits per heavy atom. The standard InChI is InChI=1S/C22H24ClN5O2S/c1-28-11-14-5-6-15(23)9-17(14)27-20-16-8-13(19(29)10-18(16)25-12-26-20)4-2-3-7-24-21(30)22(28)31/h5-6,8-10,12,22,29,31H,2-4,7,11H2,1H3,(H,24,30)(H,25,26,27). The zero-order chi connectivity index (χ0) is 22.0. The molecule has 1 aliphatic rings. The number of thiol groups is 1. The lowest BCUT2D eigenvalue weighted by Gasteiger charge is -2.25. The van der Waals surface area contributed by atoms with Gasteiger partial charge in [0.2, 0.25) is 5.91 Å². The van der Waals surface area contributed by atoms with Crippen molar-refractivity contribution in [2.75, 3.05) is 18.9 Å². The van der Waals surface area contributed by atoms with Gasteiger partial charge in [-0.3, -0.25) is 9.69 Å². The smallest absolute Gasteiger partial charge is 0.247 e. The number of benzene rings is 2. The minimum Gasteiger partial charge on any atom is -0.508 e. The van der Waals surface area contributed by atoms with Gasteiger partial charge in [0.15, 0.2) is 0 Å². The summed E-state index contributed by atoms with van der Waals surface area (Å²) in [6.45, 7) is 1.04. The molecule has 1 aromatic heterocycles. The number of rotatable bonds is 0. The predicted octanol–water partition coefficient (Wildman–Crippen LogP) is 3.87. The number of amides is 1. The summed E-state index contributed by atoms with van der Waals surface area (Å²) >= 11 is 10.8. The summed E-state index contributed by atoms with van der Waals surface area (Å²) in [6.07, 6.45) is 3.76. The van der Waals surface area contributed by atoms with E-state index < -0.39 is 5.37 Å². The molecule has 162 valence electrons. The van der Waals surface area contributed by atoms with Crippen LogP contribution in [0, 0.1) is 0 Å². The maximum Gasteiger partial charge on any atom is 0.247 e. The van der Waals surface area contributed by atoms with Crippen LogP contribution in [-0.2, 0) is 17.8 Å². The third-order valence-corrected chi connectivity index (χ3v) is 6.27. The van der Waals surface area contributed by atoms with E-state index in [4.69, 9.17) is 11.6 Å². The first kappa shape index (κ1) is 21.7. The van der Waals surface area contributed by atoms with Gasteiger partial charge < -0.3 is 15.7 Å². The molecule has 0 saturated heterocycles. The minimum atomic E-state index is -0.584. The van der Waals surface area contributed by atoms with Crippen LogP contribution in [0.5, 0.6) is 5.75 Å². The second kappa shape index (κ2) is 9.30. The molecule has 3 aromatic rings. The Hall–Kier alpha value is -2.55. The summed E-state index contributed by atoms with van der Waals surface area (Å²) in [5, 5.41) is 17.6. The summed E-state index contributed by atoms with van der Waals surface area (Å²) in [4.78, 5) is 23.1. The number of aromatic nitrogens is 2. The number of fused-ring (bicyclic) bond motifs is 2. The van der Waals surface area contributed by atoms with Crippen molar-refractivity contribution in [2.45, 2.75) is 31.2 Å². The maximum atomic E-state index is 12.5. The molecule has 2 heterocycles. The number of nitrogens with zero attached hydrogens (tertiary/aromatic N) is 3. The Kier molecular flexibility index (Phi) is 6.50. The molecule has 2 aromatic carbocycles. The lowest BCUT2D eigenvalue weighted by Crippen LogP contribution is -2.41. The van der Waals surface area contributed by atoms with E-state index in [0.29, 0.717) is 35.9 Å². The van der Waals surface area contributed by atoms with E-state index in [1.807, 2.05) is 36.2 Å². The number of anilines is 2. The van der Waals surface area contributed by atoms with Crippen LogP contribution in [0.25, 0.3) is 10.9 Å². The molecule has 0 aliphatic carbocycles. The third-order valence-electron chi connectivity index (χ3n) is 5.40. The highest BCUT2D eigenvalue weighted by molar-refractivity contribution is 7.81. The molecule has 2 bridgehead atoms. The lowest BCUT2D eigenvalue weighted by molar-refractivity contribution is -0.123.